The minimum atomic E-state index is 0.545. The van der Waals surface area contributed by atoms with Gasteiger partial charge in [0.2, 0.25) is 0 Å². The molecule has 2 rings (SSSR count). The Kier molecular flexibility index (Phi) is 3.73. The van der Waals surface area contributed by atoms with Crippen molar-refractivity contribution in [2.24, 2.45) is 0 Å². The lowest BCUT2D eigenvalue weighted by Crippen LogP contribution is -1.98. The van der Waals surface area contributed by atoms with Gasteiger partial charge in [0.05, 0.1) is 13.2 Å². The highest BCUT2D eigenvalue weighted by Crippen LogP contribution is 2.09. The highest BCUT2D eigenvalue weighted by molar-refractivity contribution is 5.34. The van der Waals surface area contributed by atoms with Gasteiger partial charge in [0, 0.05) is 5.69 Å². The Bertz CT molecular complexity index is 463. The predicted molar refractivity (Wildman–Crippen MR) is 68.3 cm³/mol. The van der Waals surface area contributed by atoms with Crippen molar-refractivity contribution in [1.82, 2.24) is 4.98 Å². The van der Waals surface area contributed by atoms with Crippen molar-refractivity contribution >= 4 is 5.82 Å². The van der Waals surface area contributed by atoms with E-state index in [2.05, 4.69) is 4.98 Å². The lowest BCUT2D eigenvalue weighted by Gasteiger charge is -2.06. The van der Waals surface area contributed by atoms with Gasteiger partial charge in [-0.2, -0.15) is 0 Å². The summed E-state index contributed by atoms with van der Waals surface area (Å²) < 4.78 is 5.63. The molecule has 0 unspecified atom stereocenters. The monoisotopic (exact) mass is 228 g/mol. The number of aromatic nitrogens is 1. The van der Waals surface area contributed by atoms with Gasteiger partial charge in [-0.25, -0.2) is 4.98 Å². The molecule has 1 aromatic heterocycles. The topological polar surface area (TPSA) is 48.1 Å². The van der Waals surface area contributed by atoms with E-state index in [-0.39, 0.29) is 0 Å². The lowest BCUT2D eigenvalue weighted by atomic mass is 10.2. The molecule has 0 saturated heterocycles. The fourth-order valence-electron chi connectivity index (χ4n) is 1.71. The zero-order valence-electron chi connectivity index (χ0n) is 9.89. The smallest absolute Gasteiger partial charge is 0.123 e. The number of rotatable bonds is 4. The lowest BCUT2D eigenvalue weighted by molar-refractivity contribution is 0.107. The molecular formula is C14H16N2O. The Hall–Kier alpha value is -1.87. The van der Waals surface area contributed by atoms with Crippen LogP contribution in [0.25, 0.3) is 0 Å². The summed E-state index contributed by atoms with van der Waals surface area (Å²) in [6.45, 7) is 3.10. The van der Waals surface area contributed by atoms with Gasteiger partial charge in [0.25, 0.3) is 0 Å². The standard InChI is InChI=1S/C14H16N2O/c1-11-7-13(8-14(15)16-11)10-17-9-12-5-3-2-4-6-12/h2-8H,9-10H2,1H3,(H2,15,16). The summed E-state index contributed by atoms with van der Waals surface area (Å²) in [5, 5.41) is 0. The zero-order chi connectivity index (χ0) is 12.1. The van der Waals surface area contributed by atoms with E-state index < -0.39 is 0 Å². The van der Waals surface area contributed by atoms with E-state index in [4.69, 9.17) is 10.5 Å². The normalized spacial score (nSPS) is 10.4. The van der Waals surface area contributed by atoms with Gasteiger partial charge in [0.15, 0.2) is 0 Å². The molecule has 0 atom stereocenters. The molecule has 0 aliphatic rings. The molecule has 0 radical (unpaired) electrons. The first kappa shape index (κ1) is 11.6. The summed E-state index contributed by atoms with van der Waals surface area (Å²) in [6, 6.07) is 13.9. The number of nitrogens with two attached hydrogens (primary N) is 1. The van der Waals surface area contributed by atoms with E-state index in [0.29, 0.717) is 19.0 Å². The van der Waals surface area contributed by atoms with Crippen molar-refractivity contribution in [2.45, 2.75) is 20.1 Å². The quantitative estimate of drug-likeness (QED) is 0.875. The number of benzene rings is 1. The Labute approximate surface area is 101 Å². The van der Waals surface area contributed by atoms with Crippen molar-refractivity contribution < 1.29 is 4.74 Å². The highest BCUT2D eigenvalue weighted by atomic mass is 16.5. The van der Waals surface area contributed by atoms with Crippen LogP contribution in [0.2, 0.25) is 0 Å². The zero-order valence-corrected chi connectivity index (χ0v) is 9.89. The van der Waals surface area contributed by atoms with Crippen molar-refractivity contribution in [3.8, 4) is 0 Å². The van der Waals surface area contributed by atoms with Gasteiger partial charge >= 0.3 is 0 Å². The van der Waals surface area contributed by atoms with Crippen LogP contribution in [0, 0.1) is 6.92 Å². The van der Waals surface area contributed by atoms with Crippen LogP contribution in [0.4, 0.5) is 5.82 Å². The van der Waals surface area contributed by atoms with Gasteiger partial charge in [-0.1, -0.05) is 30.3 Å². The molecule has 3 nitrogen and oxygen atoms in total. The second-order valence-electron chi connectivity index (χ2n) is 4.02. The second-order valence-corrected chi connectivity index (χ2v) is 4.02. The SMILES string of the molecule is Cc1cc(COCc2ccccc2)cc(N)n1. The molecule has 1 heterocycles. The third-order valence-electron chi connectivity index (χ3n) is 2.41. The molecule has 0 amide bonds. The molecule has 88 valence electrons. The average Bonchev–Trinajstić information content (AvgIpc) is 2.29. The van der Waals surface area contributed by atoms with Crippen LogP contribution in [-0.2, 0) is 18.0 Å². The number of hydrogen-bond donors (Lipinski definition) is 1. The fraction of sp³-hybridized carbons (Fsp3) is 0.214. The molecule has 0 spiro atoms. The second kappa shape index (κ2) is 5.46. The summed E-state index contributed by atoms with van der Waals surface area (Å²) in [5.74, 6) is 0.545. The molecule has 0 aliphatic carbocycles. The molecule has 2 aromatic rings. The van der Waals surface area contributed by atoms with Crippen LogP contribution in [0.1, 0.15) is 16.8 Å². The maximum absolute atomic E-state index is 5.68. The molecule has 1 aromatic carbocycles. The van der Waals surface area contributed by atoms with E-state index in [9.17, 15) is 0 Å². The highest BCUT2D eigenvalue weighted by Gasteiger charge is 1.98. The summed E-state index contributed by atoms with van der Waals surface area (Å²) >= 11 is 0. The molecule has 17 heavy (non-hydrogen) atoms. The molecular weight excluding hydrogens is 212 g/mol. The van der Waals surface area contributed by atoms with Crippen molar-refractivity contribution in [3.05, 3.63) is 59.3 Å². The fourth-order valence-corrected chi connectivity index (χ4v) is 1.71. The van der Waals surface area contributed by atoms with E-state index in [1.165, 1.54) is 5.56 Å². The van der Waals surface area contributed by atoms with E-state index in [1.54, 1.807) is 0 Å². The van der Waals surface area contributed by atoms with Crippen LogP contribution in [0.3, 0.4) is 0 Å². The third-order valence-corrected chi connectivity index (χ3v) is 2.41. The number of anilines is 1. The molecule has 0 fully saturated rings. The van der Waals surface area contributed by atoms with Crippen LogP contribution >= 0.6 is 0 Å². The first-order valence-electron chi connectivity index (χ1n) is 5.59. The first-order chi connectivity index (χ1) is 8.24. The van der Waals surface area contributed by atoms with Crippen LogP contribution in [-0.4, -0.2) is 4.98 Å². The van der Waals surface area contributed by atoms with Gasteiger partial charge < -0.3 is 10.5 Å². The maximum Gasteiger partial charge on any atom is 0.123 e. The average molecular weight is 228 g/mol. The first-order valence-corrected chi connectivity index (χ1v) is 5.59. The van der Waals surface area contributed by atoms with Gasteiger partial charge in [0.1, 0.15) is 5.82 Å². The minimum absolute atomic E-state index is 0.545. The Morgan fingerprint density at radius 3 is 2.47 bits per heavy atom. The van der Waals surface area contributed by atoms with Crippen LogP contribution in [0.5, 0.6) is 0 Å². The van der Waals surface area contributed by atoms with Gasteiger partial charge in [-0.3, -0.25) is 0 Å². The Balaban J connectivity index is 1.90. The Morgan fingerprint density at radius 1 is 1.06 bits per heavy atom. The van der Waals surface area contributed by atoms with Gasteiger partial charge in [-0.05, 0) is 30.2 Å². The van der Waals surface area contributed by atoms with E-state index in [1.807, 2.05) is 49.4 Å². The number of nitrogen functional groups attached to an aromatic ring is 1. The Morgan fingerprint density at radius 2 is 1.76 bits per heavy atom. The maximum atomic E-state index is 5.68. The van der Waals surface area contributed by atoms with Crippen LogP contribution < -0.4 is 5.73 Å². The number of hydrogen-bond acceptors (Lipinski definition) is 3. The summed E-state index contributed by atoms with van der Waals surface area (Å²) in [4.78, 5) is 4.12. The number of pyridine rings is 1. The minimum Gasteiger partial charge on any atom is -0.384 e. The predicted octanol–water partition coefficient (Wildman–Crippen LogP) is 2.69. The van der Waals surface area contributed by atoms with Gasteiger partial charge in [-0.15, -0.1) is 0 Å². The molecule has 2 N–H and O–H groups in total. The van der Waals surface area contributed by atoms with E-state index in [0.717, 1.165) is 11.3 Å². The van der Waals surface area contributed by atoms with Crippen molar-refractivity contribution in [3.63, 3.8) is 0 Å². The molecule has 0 aliphatic heterocycles. The van der Waals surface area contributed by atoms with Crippen LogP contribution in [0.15, 0.2) is 42.5 Å². The molecule has 3 heteroatoms. The number of ether oxygens (including phenoxy) is 1. The number of nitrogens with zero attached hydrogens (tertiary/aromatic N) is 1. The third kappa shape index (κ3) is 3.57. The summed E-state index contributed by atoms with van der Waals surface area (Å²) in [6.07, 6.45) is 0. The van der Waals surface area contributed by atoms with Crippen molar-refractivity contribution in [1.29, 1.82) is 0 Å². The number of aryl methyl sites for hydroxylation is 1. The summed E-state index contributed by atoms with van der Waals surface area (Å²) in [5.41, 5.74) is 8.83. The van der Waals surface area contributed by atoms with Crippen molar-refractivity contribution in [2.75, 3.05) is 5.73 Å². The summed E-state index contributed by atoms with van der Waals surface area (Å²) in [7, 11) is 0. The largest absolute Gasteiger partial charge is 0.384 e. The molecule has 0 saturated carbocycles. The van der Waals surface area contributed by atoms with E-state index >= 15 is 0 Å². The molecule has 0 bridgehead atoms.